The summed E-state index contributed by atoms with van der Waals surface area (Å²) in [7, 11) is 1.60. The van der Waals surface area contributed by atoms with Gasteiger partial charge in [-0.1, -0.05) is 19.6 Å². The van der Waals surface area contributed by atoms with E-state index in [1.165, 1.54) is 12.4 Å². The van der Waals surface area contributed by atoms with Gasteiger partial charge in [-0.3, -0.25) is 14.8 Å². The summed E-state index contributed by atoms with van der Waals surface area (Å²) in [4.78, 5) is 23.1. The minimum absolute atomic E-state index is 0. The van der Waals surface area contributed by atoms with Gasteiger partial charge in [-0.15, -0.1) is 0 Å². The summed E-state index contributed by atoms with van der Waals surface area (Å²) in [5.41, 5.74) is 2.50. The van der Waals surface area contributed by atoms with Crippen molar-refractivity contribution in [3.63, 3.8) is 0 Å². The monoisotopic (exact) mass is 326 g/mol. The van der Waals surface area contributed by atoms with E-state index < -0.39 is 18.1 Å². The number of carbonyl (C=O) groups excluding carboxylic acids is 2. The zero-order valence-electron chi connectivity index (χ0n) is 12.7. The Labute approximate surface area is 136 Å². The molecule has 0 aliphatic carbocycles. The Morgan fingerprint density at radius 2 is 1.87 bits per heavy atom. The van der Waals surface area contributed by atoms with Crippen LogP contribution in [-0.4, -0.2) is 41.4 Å². The molecule has 7 heteroatoms. The van der Waals surface area contributed by atoms with Crippen LogP contribution in [0.4, 0.5) is 0 Å². The van der Waals surface area contributed by atoms with Crippen molar-refractivity contribution < 1.29 is 24.6 Å². The quantitative estimate of drug-likeness (QED) is 0.421. The lowest BCUT2D eigenvalue weighted by Crippen LogP contribution is -2.51. The number of hydrogen-bond acceptors (Lipinski definition) is 5. The fourth-order valence-electron chi connectivity index (χ4n) is 1.97. The van der Waals surface area contributed by atoms with Gasteiger partial charge in [0.2, 0.25) is 5.91 Å². The number of rotatable bonds is 8. The average molecular weight is 326 g/mol. The van der Waals surface area contributed by atoms with E-state index in [0.717, 1.165) is 11.3 Å². The van der Waals surface area contributed by atoms with E-state index in [9.17, 15) is 14.7 Å². The first kappa shape index (κ1) is 20.9. The summed E-state index contributed by atoms with van der Waals surface area (Å²) in [6.07, 6.45) is 0.431. The first-order valence-electron chi connectivity index (χ1n) is 7.02. The molecular weight excluding hydrogens is 300 g/mol. The number of aryl methyl sites for hydroxylation is 1. The number of methoxy groups -OCH3 is 1. The van der Waals surface area contributed by atoms with Gasteiger partial charge in [0.15, 0.2) is 0 Å². The summed E-state index contributed by atoms with van der Waals surface area (Å²) in [5, 5.41) is 20.4. The zero-order chi connectivity index (χ0) is 16.5. The fourth-order valence-corrected chi connectivity index (χ4v) is 1.97. The van der Waals surface area contributed by atoms with Gasteiger partial charge in [0, 0.05) is 6.42 Å². The largest absolute Gasteiger partial charge is 0.497 e. The molecule has 0 heterocycles. The summed E-state index contributed by atoms with van der Waals surface area (Å²) in [6.45, 7) is 1.36. The molecule has 130 valence electrons. The smallest absolute Gasteiger partial charge is 0.268 e. The third-order valence-corrected chi connectivity index (χ3v) is 3.22. The van der Waals surface area contributed by atoms with Crippen molar-refractivity contribution in [2.75, 3.05) is 7.11 Å². The Hall–Kier alpha value is -2.12. The number of aliphatic hydroxyl groups excluding tert-OH is 1. The highest BCUT2D eigenvalue weighted by molar-refractivity contribution is 5.87. The number of aliphatic hydroxyl groups is 1. The molecule has 0 aliphatic rings. The normalized spacial score (nSPS) is 12.5. The second kappa shape index (κ2) is 10.6. The Morgan fingerprint density at radius 1 is 1.26 bits per heavy atom. The lowest BCUT2D eigenvalue weighted by atomic mass is 10.1. The Morgan fingerprint density at radius 3 is 2.35 bits per heavy atom. The van der Waals surface area contributed by atoms with Crippen molar-refractivity contribution in [2.45, 2.75) is 45.8 Å². The standard InChI is InChI=1S/C15H22N2O5.CH4/c1-10(18)14(15(20)17-21)16-13(19)5-3-4-11-6-8-12(22-2)9-7-11;/h6-10,14,18,21H,3-5H2,1-2H3,(H,16,19)(H,17,20);1H4/t10-,14+;/m1./s1. The SMILES string of the molecule is C.COc1ccc(CCCC(=O)N[C@H](C(=O)NO)[C@@H](C)O)cc1. The van der Waals surface area contributed by atoms with E-state index in [1.54, 1.807) is 7.11 Å². The maximum absolute atomic E-state index is 11.8. The molecule has 4 N–H and O–H groups in total. The van der Waals surface area contributed by atoms with Crippen molar-refractivity contribution in [3.8, 4) is 5.75 Å². The molecular formula is C16H26N2O5. The van der Waals surface area contributed by atoms with Gasteiger partial charge >= 0.3 is 0 Å². The minimum Gasteiger partial charge on any atom is -0.497 e. The molecule has 0 radical (unpaired) electrons. The molecule has 23 heavy (non-hydrogen) atoms. The molecule has 0 aromatic heterocycles. The number of hydrogen-bond donors (Lipinski definition) is 4. The van der Waals surface area contributed by atoms with E-state index in [2.05, 4.69) is 5.32 Å². The van der Waals surface area contributed by atoms with Crippen molar-refractivity contribution in [1.82, 2.24) is 10.8 Å². The Bertz CT molecular complexity index is 488. The first-order valence-corrected chi connectivity index (χ1v) is 7.02. The lowest BCUT2D eigenvalue weighted by Gasteiger charge is -2.19. The molecule has 2 amide bonds. The molecule has 7 nitrogen and oxygen atoms in total. The zero-order valence-corrected chi connectivity index (χ0v) is 12.7. The van der Waals surface area contributed by atoms with Gasteiger partial charge in [-0.05, 0) is 37.5 Å². The van der Waals surface area contributed by atoms with Gasteiger partial charge in [0.05, 0.1) is 13.2 Å². The minimum atomic E-state index is -1.17. The molecule has 1 rings (SSSR count). The highest BCUT2D eigenvalue weighted by Gasteiger charge is 2.24. The van der Waals surface area contributed by atoms with Crippen LogP contribution >= 0.6 is 0 Å². The highest BCUT2D eigenvalue weighted by Crippen LogP contribution is 2.13. The van der Waals surface area contributed by atoms with Gasteiger partial charge in [0.25, 0.3) is 5.91 Å². The molecule has 2 atom stereocenters. The molecule has 0 aliphatic heterocycles. The van der Waals surface area contributed by atoms with E-state index in [0.29, 0.717) is 12.8 Å². The summed E-state index contributed by atoms with van der Waals surface area (Å²) in [6, 6.07) is 6.39. The summed E-state index contributed by atoms with van der Waals surface area (Å²) in [5.74, 6) is -0.433. The van der Waals surface area contributed by atoms with Crippen LogP contribution in [0, 0.1) is 0 Å². The van der Waals surface area contributed by atoms with E-state index in [1.807, 2.05) is 24.3 Å². The number of hydroxylamine groups is 1. The van der Waals surface area contributed by atoms with Crippen LogP contribution in [0.15, 0.2) is 24.3 Å². The van der Waals surface area contributed by atoms with Crippen LogP contribution in [0.3, 0.4) is 0 Å². The lowest BCUT2D eigenvalue weighted by molar-refractivity contribution is -0.137. The maximum atomic E-state index is 11.8. The number of benzene rings is 1. The molecule has 0 fully saturated rings. The molecule has 0 spiro atoms. The number of carbonyl (C=O) groups is 2. The van der Waals surface area contributed by atoms with Crippen molar-refractivity contribution in [3.05, 3.63) is 29.8 Å². The molecule has 1 aromatic rings. The number of ether oxygens (including phenoxy) is 1. The third kappa shape index (κ3) is 7.12. The van der Waals surface area contributed by atoms with Gasteiger partial charge < -0.3 is 15.2 Å². The average Bonchev–Trinajstić information content (AvgIpc) is 2.52. The van der Waals surface area contributed by atoms with E-state index in [-0.39, 0.29) is 19.8 Å². The third-order valence-electron chi connectivity index (χ3n) is 3.22. The second-order valence-electron chi connectivity index (χ2n) is 4.96. The van der Waals surface area contributed by atoms with E-state index >= 15 is 0 Å². The predicted molar refractivity (Wildman–Crippen MR) is 86.2 cm³/mol. The van der Waals surface area contributed by atoms with Crippen molar-refractivity contribution in [2.24, 2.45) is 0 Å². The topological polar surface area (TPSA) is 108 Å². The Balaban J connectivity index is 0.00000484. The maximum Gasteiger partial charge on any atom is 0.268 e. The van der Waals surface area contributed by atoms with Crippen LogP contribution in [0.5, 0.6) is 5.75 Å². The fraction of sp³-hybridized carbons (Fsp3) is 0.500. The van der Waals surface area contributed by atoms with Crippen molar-refractivity contribution >= 4 is 11.8 Å². The number of amides is 2. The highest BCUT2D eigenvalue weighted by atomic mass is 16.5. The van der Waals surface area contributed by atoms with Crippen LogP contribution in [0.2, 0.25) is 0 Å². The van der Waals surface area contributed by atoms with E-state index in [4.69, 9.17) is 9.94 Å². The molecule has 0 unspecified atom stereocenters. The molecule has 0 saturated carbocycles. The van der Waals surface area contributed by atoms with Crippen LogP contribution < -0.4 is 15.5 Å². The number of nitrogens with one attached hydrogen (secondary N) is 2. The predicted octanol–water partition coefficient (Wildman–Crippen LogP) is 1.03. The van der Waals surface area contributed by atoms with Crippen molar-refractivity contribution in [1.29, 1.82) is 0 Å². The van der Waals surface area contributed by atoms with Gasteiger partial charge in [-0.2, -0.15) is 0 Å². The summed E-state index contributed by atoms with van der Waals surface area (Å²) < 4.78 is 5.06. The van der Waals surface area contributed by atoms with Crippen LogP contribution in [-0.2, 0) is 16.0 Å². The van der Waals surface area contributed by atoms with Gasteiger partial charge in [-0.25, -0.2) is 5.48 Å². The van der Waals surface area contributed by atoms with Gasteiger partial charge in [0.1, 0.15) is 11.8 Å². The second-order valence-corrected chi connectivity index (χ2v) is 4.96. The summed E-state index contributed by atoms with van der Waals surface area (Å²) >= 11 is 0. The van der Waals surface area contributed by atoms with Crippen LogP contribution in [0.25, 0.3) is 0 Å². The molecule has 0 bridgehead atoms. The first-order chi connectivity index (χ1) is 10.5. The molecule has 1 aromatic carbocycles. The Kier molecular flexibility index (Phi) is 9.60. The van der Waals surface area contributed by atoms with Crippen LogP contribution in [0.1, 0.15) is 32.8 Å². The molecule has 0 saturated heterocycles.